The lowest BCUT2D eigenvalue weighted by atomic mass is 9.98. The van der Waals surface area contributed by atoms with Crippen LogP contribution in [0.5, 0.6) is 0 Å². The number of rotatable bonds is 3. The van der Waals surface area contributed by atoms with Crippen LogP contribution in [0.3, 0.4) is 0 Å². The first-order valence-corrected chi connectivity index (χ1v) is 7.19. The molecule has 0 amide bonds. The van der Waals surface area contributed by atoms with Gasteiger partial charge in [-0.05, 0) is 43.5 Å². The third-order valence-corrected chi connectivity index (χ3v) is 4.67. The summed E-state index contributed by atoms with van der Waals surface area (Å²) in [6.07, 6.45) is 0.803. The van der Waals surface area contributed by atoms with Crippen molar-refractivity contribution in [3.8, 4) is 0 Å². The number of benzene rings is 1. The van der Waals surface area contributed by atoms with Gasteiger partial charge in [-0.15, -0.1) is 0 Å². The number of hydrogen-bond donors (Lipinski definition) is 1. The number of nitrogens with zero attached hydrogens (tertiary/aromatic N) is 2. The molecule has 102 valence electrons. The molecule has 0 radical (unpaired) electrons. The van der Waals surface area contributed by atoms with E-state index in [1.807, 2.05) is 18.7 Å². The Morgan fingerprint density at radius 3 is 2.26 bits per heavy atom. The average molecular weight is 322 g/mol. The summed E-state index contributed by atoms with van der Waals surface area (Å²) in [5, 5.41) is 4.36. The number of hydrogen-bond acceptors (Lipinski definition) is 2. The van der Waals surface area contributed by atoms with E-state index < -0.39 is 0 Å². The van der Waals surface area contributed by atoms with Crippen LogP contribution in [0.4, 0.5) is 0 Å². The highest BCUT2D eigenvalue weighted by molar-refractivity contribution is 9.10. The summed E-state index contributed by atoms with van der Waals surface area (Å²) in [6.45, 7) is 6.20. The molecule has 3 nitrogen and oxygen atoms in total. The van der Waals surface area contributed by atoms with Gasteiger partial charge in [0.25, 0.3) is 0 Å². The van der Waals surface area contributed by atoms with Crippen LogP contribution in [0.25, 0.3) is 0 Å². The van der Waals surface area contributed by atoms with Crippen molar-refractivity contribution in [1.82, 2.24) is 9.78 Å². The van der Waals surface area contributed by atoms with E-state index in [9.17, 15) is 0 Å². The number of nitrogens with two attached hydrogens (primary N) is 1. The molecule has 0 saturated heterocycles. The fourth-order valence-corrected chi connectivity index (χ4v) is 2.62. The predicted molar refractivity (Wildman–Crippen MR) is 82.2 cm³/mol. The Labute approximate surface area is 122 Å². The van der Waals surface area contributed by atoms with Crippen molar-refractivity contribution in [2.45, 2.75) is 33.2 Å². The van der Waals surface area contributed by atoms with Crippen LogP contribution in [-0.4, -0.2) is 9.78 Å². The van der Waals surface area contributed by atoms with E-state index in [4.69, 9.17) is 5.73 Å². The Balaban J connectivity index is 2.25. The lowest BCUT2D eigenvalue weighted by Crippen LogP contribution is -2.16. The van der Waals surface area contributed by atoms with E-state index in [0.717, 1.165) is 12.1 Å². The second-order valence-corrected chi connectivity index (χ2v) is 5.97. The van der Waals surface area contributed by atoms with Crippen LogP contribution in [0.2, 0.25) is 0 Å². The van der Waals surface area contributed by atoms with Gasteiger partial charge in [-0.25, -0.2) is 0 Å². The Bertz CT molecular complexity index is 578. The van der Waals surface area contributed by atoms with Gasteiger partial charge in [0.15, 0.2) is 0 Å². The normalized spacial score (nSPS) is 12.7. The Hall–Kier alpha value is -1.13. The van der Waals surface area contributed by atoms with Crippen molar-refractivity contribution < 1.29 is 0 Å². The minimum atomic E-state index is 0.000278. The van der Waals surface area contributed by atoms with Gasteiger partial charge in [0.1, 0.15) is 0 Å². The fraction of sp³-hybridized carbons (Fsp3) is 0.400. The zero-order valence-corrected chi connectivity index (χ0v) is 13.5. The predicted octanol–water partition coefficient (Wildman–Crippen LogP) is 3.35. The van der Waals surface area contributed by atoms with E-state index in [-0.39, 0.29) is 6.04 Å². The quantitative estimate of drug-likeness (QED) is 0.942. The fourth-order valence-electron chi connectivity index (χ4n) is 2.39. The third-order valence-electron chi connectivity index (χ3n) is 3.41. The molecule has 2 aromatic rings. The lowest BCUT2D eigenvalue weighted by Gasteiger charge is -2.15. The van der Waals surface area contributed by atoms with E-state index in [2.05, 4.69) is 53.1 Å². The Morgan fingerprint density at radius 2 is 1.79 bits per heavy atom. The van der Waals surface area contributed by atoms with E-state index >= 15 is 0 Å². The highest BCUT2D eigenvalue weighted by Gasteiger charge is 2.12. The van der Waals surface area contributed by atoms with Crippen molar-refractivity contribution in [2.75, 3.05) is 0 Å². The van der Waals surface area contributed by atoms with Gasteiger partial charge in [0.05, 0.1) is 5.69 Å². The van der Waals surface area contributed by atoms with E-state index in [1.54, 1.807) is 0 Å². The Kier molecular flexibility index (Phi) is 4.11. The van der Waals surface area contributed by atoms with Crippen molar-refractivity contribution in [3.63, 3.8) is 0 Å². The van der Waals surface area contributed by atoms with E-state index in [0.29, 0.717) is 0 Å². The summed E-state index contributed by atoms with van der Waals surface area (Å²) < 4.78 is 3.08. The number of aromatic nitrogens is 2. The first-order valence-electron chi connectivity index (χ1n) is 6.40. The zero-order chi connectivity index (χ0) is 14.2. The molecule has 1 aromatic carbocycles. The maximum atomic E-state index is 6.34. The van der Waals surface area contributed by atoms with Crippen LogP contribution in [0.15, 0.2) is 22.7 Å². The molecule has 0 aliphatic heterocycles. The van der Waals surface area contributed by atoms with Gasteiger partial charge in [0.2, 0.25) is 0 Å². The molecule has 0 aliphatic carbocycles. The number of aryl methyl sites for hydroxylation is 4. The summed E-state index contributed by atoms with van der Waals surface area (Å²) in [5.74, 6) is 0. The maximum Gasteiger partial charge on any atom is 0.0596 e. The lowest BCUT2D eigenvalue weighted by molar-refractivity contribution is 0.639. The molecule has 4 heteroatoms. The molecule has 0 saturated carbocycles. The summed E-state index contributed by atoms with van der Waals surface area (Å²) in [5.41, 5.74) is 12.2. The topological polar surface area (TPSA) is 43.8 Å². The van der Waals surface area contributed by atoms with Crippen LogP contribution >= 0.6 is 15.9 Å². The summed E-state index contributed by atoms with van der Waals surface area (Å²) in [7, 11) is 1.97. The molecule has 1 unspecified atom stereocenters. The maximum absolute atomic E-state index is 6.34. The minimum Gasteiger partial charge on any atom is -0.324 e. The van der Waals surface area contributed by atoms with Gasteiger partial charge in [-0.1, -0.05) is 28.1 Å². The first-order chi connectivity index (χ1) is 8.88. The average Bonchev–Trinajstić information content (AvgIpc) is 2.64. The van der Waals surface area contributed by atoms with Crippen LogP contribution in [0, 0.1) is 20.8 Å². The molecule has 2 N–H and O–H groups in total. The van der Waals surface area contributed by atoms with Crippen molar-refractivity contribution in [1.29, 1.82) is 0 Å². The van der Waals surface area contributed by atoms with Crippen LogP contribution in [0.1, 0.15) is 34.1 Å². The molecule has 0 spiro atoms. The molecule has 1 heterocycles. The smallest absolute Gasteiger partial charge is 0.0596 e. The molecule has 2 rings (SSSR count). The minimum absolute atomic E-state index is 0.000278. The molecular formula is C15H20BrN3. The summed E-state index contributed by atoms with van der Waals surface area (Å²) in [6, 6.07) is 6.41. The molecule has 1 aromatic heterocycles. The summed E-state index contributed by atoms with van der Waals surface area (Å²) >= 11 is 3.59. The van der Waals surface area contributed by atoms with Crippen molar-refractivity contribution >= 4 is 15.9 Å². The van der Waals surface area contributed by atoms with Crippen LogP contribution < -0.4 is 5.73 Å². The van der Waals surface area contributed by atoms with Gasteiger partial charge in [0, 0.05) is 29.7 Å². The summed E-state index contributed by atoms with van der Waals surface area (Å²) in [4.78, 5) is 0. The van der Waals surface area contributed by atoms with Gasteiger partial charge >= 0.3 is 0 Å². The second kappa shape index (κ2) is 5.47. The molecule has 19 heavy (non-hydrogen) atoms. The highest BCUT2D eigenvalue weighted by atomic mass is 79.9. The largest absolute Gasteiger partial charge is 0.324 e. The van der Waals surface area contributed by atoms with Crippen molar-refractivity contribution in [3.05, 3.63) is 50.8 Å². The van der Waals surface area contributed by atoms with Gasteiger partial charge in [-0.2, -0.15) is 5.10 Å². The number of halogens is 1. The molecule has 0 aliphatic rings. The second-order valence-electron chi connectivity index (χ2n) is 5.18. The molecular weight excluding hydrogens is 302 g/mol. The Morgan fingerprint density at radius 1 is 1.21 bits per heavy atom. The van der Waals surface area contributed by atoms with Gasteiger partial charge in [-0.3, -0.25) is 4.68 Å². The SMILES string of the molecule is Cc1cc(CC(N)c2cc(C)c(Br)c(C)c2)n(C)n1. The third kappa shape index (κ3) is 3.07. The standard InChI is InChI=1S/C15H20BrN3/c1-9-5-12(6-10(2)15(9)16)14(17)8-13-7-11(3)18-19(13)4/h5-7,14H,8,17H2,1-4H3. The monoisotopic (exact) mass is 321 g/mol. The molecule has 1 atom stereocenters. The first kappa shape index (κ1) is 14.3. The van der Waals surface area contributed by atoms with Crippen molar-refractivity contribution in [2.24, 2.45) is 12.8 Å². The zero-order valence-electron chi connectivity index (χ0n) is 11.9. The van der Waals surface area contributed by atoms with Gasteiger partial charge < -0.3 is 5.73 Å². The highest BCUT2D eigenvalue weighted by Crippen LogP contribution is 2.26. The molecule has 0 bridgehead atoms. The van der Waals surface area contributed by atoms with Crippen LogP contribution in [-0.2, 0) is 13.5 Å². The van der Waals surface area contributed by atoms with E-state index in [1.165, 1.54) is 26.9 Å². The molecule has 0 fully saturated rings.